The molecule has 0 aliphatic carbocycles. The Morgan fingerprint density at radius 2 is 2.05 bits per heavy atom. The minimum Gasteiger partial charge on any atom is -0.481 e. The van der Waals surface area contributed by atoms with Crippen LogP contribution in [0.4, 0.5) is 0 Å². The van der Waals surface area contributed by atoms with Gasteiger partial charge in [0.15, 0.2) is 0 Å². The molecule has 1 fully saturated rings. The Bertz CT molecular complexity index is 371. The normalized spacial score (nSPS) is 17.2. The molecular weight excluding hydrogens is 272 g/mol. The molecule has 2 N–H and O–H groups in total. The molecule has 1 aliphatic rings. The van der Waals surface area contributed by atoms with Crippen LogP contribution in [-0.4, -0.2) is 47.4 Å². The van der Waals surface area contributed by atoms with Crippen LogP contribution >= 0.6 is 0 Å². The number of amides is 2. The van der Waals surface area contributed by atoms with E-state index in [0.717, 1.165) is 25.7 Å². The van der Waals surface area contributed by atoms with Crippen LogP contribution < -0.4 is 5.32 Å². The molecule has 6 nitrogen and oxygen atoms in total. The van der Waals surface area contributed by atoms with Gasteiger partial charge in [-0.2, -0.15) is 0 Å². The number of carbonyl (C=O) groups is 3. The average molecular weight is 298 g/mol. The number of hydrogen-bond donors (Lipinski definition) is 2. The zero-order valence-electron chi connectivity index (χ0n) is 12.8. The van der Waals surface area contributed by atoms with Gasteiger partial charge in [-0.05, 0) is 31.6 Å². The second kappa shape index (κ2) is 9.37. The van der Waals surface area contributed by atoms with Crippen molar-refractivity contribution in [3.63, 3.8) is 0 Å². The lowest BCUT2D eigenvalue weighted by atomic mass is 10.0. The van der Waals surface area contributed by atoms with Gasteiger partial charge in [0, 0.05) is 25.9 Å². The summed E-state index contributed by atoms with van der Waals surface area (Å²) in [6.07, 6.45) is 5.01. The van der Waals surface area contributed by atoms with Crippen molar-refractivity contribution in [3.05, 3.63) is 0 Å². The third kappa shape index (κ3) is 7.68. The number of carboxylic acids is 1. The van der Waals surface area contributed by atoms with E-state index in [1.165, 1.54) is 0 Å². The van der Waals surface area contributed by atoms with Crippen LogP contribution in [-0.2, 0) is 14.4 Å². The van der Waals surface area contributed by atoms with E-state index in [-0.39, 0.29) is 30.7 Å². The molecule has 21 heavy (non-hydrogen) atoms. The molecule has 6 heteroatoms. The van der Waals surface area contributed by atoms with Gasteiger partial charge in [-0.3, -0.25) is 14.4 Å². The molecule has 1 rings (SSSR count). The first-order valence-electron chi connectivity index (χ1n) is 7.75. The molecule has 1 saturated heterocycles. The molecule has 0 aromatic carbocycles. The molecule has 2 amide bonds. The van der Waals surface area contributed by atoms with Gasteiger partial charge in [0.05, 0.1) is 6.54 Å². The fourth-order valence-electron chi connectivity index (χ4n) is 2.41. The number of carboxylic acid groups (broad SMARTS) is 1. The third-order valence-corrected chi connectivity index (χ3v) is 3.82. The van der Waals surface area contributed by atoms with Crippen LogP contribution in [0.15, 0.2) is 0 Å². The lowest BCUT2D eigenvalue weighted by Crippen LogP contribution is -2.40. The van der Waals surface area contributed by atoms with Gasteiger partial charge in [-0.25, -0.2) is 0 Å². The van der Waals surface area contributed by atoms with Crippen molar-refractivity contribution in [2.45, 2.75) is 51.9 Å². The number of likely N-dealkylation sites (tertiary alicyclic amines) is 1. The second-order valence-electron chi connectivity index (χ2n) is 5.80. The predicted molar refractivity (Wildman–Crippen MR) is 78.7 cm³/mol. The topological polar surface area (TPSA) is 86.7 Å². The number of nitrogens with one attached hydrogen (secondary N) is 1. The fourth-order valence-corrected chi connectivity index (χ4v) is 2.41. The van der Waals surface area contributed by atoms with Gasteiger partial charge in [0.25, 0.3) is 0 Å². The summed E-state index contributed by atoms with van der Waals surface area (Å²) in [7, 11) is 0. The zero-order chi connectivity index (χ0) is 15.7. The van der Waals surface area contributed by atoms with Gasteiger partial charge in [-0.1, -0.05) is 13.3 Å². The minimum absolute atomic E-state index is 0.0671. The average Bonchev–Trinajstić information content (AvgIpc) is 2.62. The number of hydrogen-bond acceptors (Lipinski definition) is 3. The van der Waals surface area contributed by atoms with Gasteiger partial charge in [0.1, 0.15) is 0 Å². The van der Waals surface area contributed by atoms with Crippen LogP contribution in [0.25, 0.3) is 0 Å². The molecule has 1 heterocycles. The zero-order valence-corrected chi connectivity index (χ0v) is 12.8. The van der Waals surface area contributed by atoms with Gasteiger partial charge < -0.3 is 15.3 Å². The highest BCUT2D eigenvalue weighted by Crippen LogP contribution is 2.11. The number of carbonyl (C=O) groups excluding carboxylic acids is 2. The van der Waals surface area contributed by atoms with Gasteiger partial charge in [-0.15, -0.1) is 0 Å². The van der Waals surface area contributed by atoms with Crippen LogP contribution in [0.3, 0.4) is 0 Å². The standard InChI is InChI=1S/C15H26N2O4/c1-12(6-7-15(20)21)8-9-16-13(18)11-17-10-4-2-3-5-14(17)19/h12H,2-11H2,1H3,(H,16,18)(H,20,21). The minimum atomic E-state index is -0.787. The molecule has 0 bridgehead atoms. The summed E-state index contributed by atoms with van der Waals surface area (Å²) in [5.74, 6) is -0.583. The maximum absolute atomic E-state index is 11.8. The lowest BCUT2D eigenvalue weighted by molar-refractivity contribution is -0.137. The van der Waals surface area contributed by atoms with Crippen molar-refractivity contribution < 1.29 is 19.5 Å². The largest absolute Gasteiger partial charge is 0.481 e. The van der Waals surface area contributed by atoms with Crippen LogP contribution in [0.2, 0.25) is 0 Å². The first-order valence-corrected chi connectivity index (χ1v) is 7.75. The fraction of sp³-hybridized carbons (Fsp3) is 0.800. The summed E-state index contributed by atoms with van der Waals surface area (Å²) < 4.78 is 0. The van der Waals surface area contributed by atoms with Crippen LogP contribution in [0.5, 0.6) is 0 Å². The molecule has 0 saturated carbocycles. The highest BCUT2D eigenvalue weighted by Gasteiger charge is 2.18. The summed E-state index contributed by atoms with van der Waals surface area (Å²) in [4.78, 5) is 35.7. The van der Waals surface area contributed by atoms with Crippen molar-refractivity contribution >= 4 is 17.8 Å². The molecule has 120 valence electrons. The summed E-state index contributed by atoms with van der Waals surface area (Å²) in [6, 6.07) is 0. The Kier molecular flexibility index (Phi) is 7.79. The van der Waals surface area contributed by atoms with E-state index in [1.807, 2.05) is 6.92 Å². The molecule has 0 aromatic rings. The van der Waals surface area contributed by atoms with Gasteiger partial charge in [0.2, 0.25) is 11.8 Å². The van der Waals surface area contributed by atoms with Gasteiger partial charge >= 0.3 is 5.97 Å². The maximum atomic E-state index is 11.8. The third-order valence-electron chi connectivity index (χ3n) is 3.82. The highest BCUT2D eigenvalue weighted by molar-refractivity contribution is 5.84. The first-order chi connectivity index (χ1) is 9.99. The quantitative estimate of drug-likeness (QED) is 0.709. The van der Waals surface area contributed by atoms with Crippen molar-refractivity contribution in [3.8, 4) is 0 Å². The van der Waals surface area contributed by atoms with E-state index in [2.05, 4.69) is 5.32 Å². The van der Waals surface area contributed by atoms with E-state index in [4.69, 9.17) is 5.11 Å². The van der Waals surface area contributed by atoms with Crippen molar-refractivity contribution in [1.82, 2.24) is 10.2 Å². The Labute approximate surface area is 125 Å². The number of nitrogens with zero attached hydrogens (tertiary/aromatic N) is 1. The summed E-state index contributed by atoms with van der Waals surface area (Å²) >= 11 is 0. The van der Waals surface area contributed by atoms with E-state index < -0.39 is 5.97 Å². The predicted octanol–water partition coefficient (Wildman–Crippen LogP) is 1.40. The smallest absolute Gasteiger partial charge is 0.303 e. The van der Waals surface area contributed by atoms with E-state index in [0.29, 0.717) is 25.9 Å². The number of aliphatic carboxylic acids is 1. The first kappa shape index (κ1) is 17.5. The van der Waals surface area contributed by atoms with E-state index in [9.17, 15) is 14.4 Å². The molecule has 0 radical (unpaired) electrons. The molecule has 0 spiro atoms. The summed E-state index contributed by atoms with van der Waals surface area (Å²) in [5, 5.41) is 11.4. The molecule has 1 aliphatic heterocycles. The van der Waals surface area contributed by atoms with Crippen LogP contribution in [0.1, 0.15) is 51.9 Å². The SMILES string of the molecule is CC(CCNC(=O)CN1CCCCCC1=O)CCC(=O)O. The highest BCUT2D eigenvalue weighted by atomic mass is 16.4. The maximum Gasteiger partial charge on any atom is 0.303 e. The van der Waals surface area contributed by atoms with Crippen molar-refractivity contribution in [2.75, 3.05) is 19.6 Å². The molecule has 1 atom stereocenters. The Morgan fingerprint density at radius 1 is 1.29 bits per heavy atom. The van der Waals surface area contributed by atoms with Crippen molar-refractivity contribution in [1.29, 1.82) is 0 Å². The lowest BCUT2D eigenvalue weighted by Gasteiger charge is -2.20. The summed E-state index contributed by atoms with van der Waals surface area (Å²) in [6.45, 7) is 3.32. The molecule has 0 aromatic heterocycles. The van der Waals surface area contributed by atoms with Crippen molar-refractivity contribution in [2.24, 2.45) is 5.92 Å². The molecular formula is C15H26N2O4. The number of rotatable bonds is 8. The molecule has 1 unspecified atom stereocenters. The van der Waals surface area contributed by atoms with E-state index >= 15 is 0 Å². The Hall–Kier alpha value is -1.59. The summed E-state index contributed by atoms with van der Waals surface area (Å²) in [5.41, 5.74) is 0. The monoisotopic (exact) mass is 298 g/mol. The Balaban J connectivity index is 2.18. The second-order valence-corrected chi connectivity index (χ2v) is 5.80. The van der Waals surface area contributed by atoms with Crippen LogP contribution in [0, 0.1) is 5.92 Å². The van der Waals surface area contributed by atoms with E-state index in [1.54, 1.807) is 4.90 Å². The Morgan fingerprint density at radius 3 is 2.76 bits per heavy atom.